The molecule has 0 saturated carbocycles. The molecule has 0 aliphatic rings. The van der Waals surface area contributed by atoms with Crippen molar-refractivity contribution in [2.45, 2.75) is 17.7 Å². The van der Waals surface area contributed by atoms with Crippen LogP contribution < -0.4 is 9.46 Å². The summed E-state index contributed by atoms with van der Waals surface area (Å²) >= 11 is 1.49. The van der Waals surface area contributed by atoms with Crippen molar-refractivity contribution in [1.29, 1.82) is 0 Å². The lowest BCUT2D eigenvalue weighted by Gasteiger charge is -2.12. The number of anilines is 1. The number of hydrogen-bond acceptors (Lipinski definition) is 4. The molecule has 2 N–H and O–H groups in total. The molecule has 1 heterocycles. The average molecular weight is 500 g/mol. The molecule has 0 amide bonds. The van der Waals surface area contributed by atoms with Gasteiger partial charge in [0.05, 0.1) is 11.9 Å². The van der Waals surface area contributed by atoms with Gasteiger partial charge in [-0.3, -0.25) is 0 Å². The maximum Gasteiger partial charge on any atom is 0.270 e. The number of hydrogen-bond donors (Lipinski definition) is 2. The van der Waals surface area contributed by atoms with E-state index in [0.29, 0.717) is 11.5 Å². The lowest BCUT2D eigenvalue weighted by Crippen LogP contribution is -2.06. The molecular formula is C29H23F2N3OS. The molecular weight excluding hydrogens is 476 g/mol. The molecule has 4 nitrogen and oxygen atoms in total. The van der Waals surface area contributed by atoms with Crippen molar-refractivity contribution in [1.82, 2.24) is 9.97 Å². The molecule has 0 spiro atoms. The molecule has 0 atom stereocenters. The van der Waals surface area contributed by atoms with Crippen LogP contribution in [0.4, 0.5) is 14.5 Å². The third kappa shape index (κ3) is 5.75. The first-order chi connectivity index (χ1) is 17.4. The van der Waals surface area contributed by atoms with Crippen molar-refractivity contribution in [2.75, 3.05) is 4.72 Å². The van der Waals surface area contributed by atoms with Gasteiger partial charge in [0, 0.05) is 28.6 Å². The monoisotopic (exact) mass is 499 g/mol. The van der Waals surface area contributed by atoms with Crippen LogP contribution in [0.15, 0.2) is 114 Å². The minimum Gasteiger partial charge on any atom is -0.457 e. The van der Waals surface area contributed by atoms with Crippen LogP contribution in [0.3, 0.4) is 0 Å². The Morgan fingerprint density at radius 1 is 0.778 bits per heavy atom. The van der Waals surface area contributed by atoms with Crippen molar-refractivity contribution in [3.8, 4) is 34.1 Å². The fourth-order valence-corrected chi connectivity index (χ4v) is 4.22. The molecule has 36 heavy (non-hydrogen) atoms. The Morgan fingerprint density at radius 2 is 1.42 bits per heavy atom. The van der Waals surface area contributed by atoms with Gasteiger partial charge in [0.1, 0.15) is 17.3 Å². The van der Waals surface area contributed by atoms with Gasteiger partial charge in [-0.25, -0.2) is 13.8 Å². The van der Waals surface area contributed by atoms with Crippen molar-refractivity contribution in [2.24, 2.45) is 0 Å². The van der Waals surface area contributed by atoms with Crippen LogP contribution in [0, 0.1) is 0 Å². The Morgan fingerprint density at radius 3 is 2.06 bits per heavy atom. The lowest BCUT2D eigenvalue weighted by atomic mass is 10.1. The predicted molar refractivity (Wildman–Crippen MR) is 141 cm³/mol. The maximum absolute atomic E-state index is 13.4. The molecule has 5 aromatic rings. The van der Waals surface area contributed by atoms with E-state index in [9.17, 15) is 8.78 Å². The van der Waals surface area contributed by atoms with Crippen LogP contribution in [0.1, 0.15) is 12.5 Å². The van der Waals surface area contributed by atoms with E-state index in [0.717, 1.165) is 40.2 Å². The molecule has 0 aliphatic heterocycles. The van der Waals surface area contributed by atoms with E-state index in [4.69, 9.17) is 4.74 Å². The summed E-state index contributed by atoms with van der Waals surface area (Å²) in [6, 6.07) is 31.6. The van der Waals surface area contributed by atoms with Crippen molar-refractivity contribution < 1.29 is 13.5 Å². The zero-order valence-electron chi connectivity index (χ0n) is 19.4. The van der Waals surface area contributed by atoms with Crippen LogP contribution in [-0.4, -0.2) is 9.97 Å². The summed E-state index contributed by atoms with van der Waals surface area (Å²) in [7, 11) is 0. The number of H-pyrrole nitrogens is 1. The van der Waals surface area contributed by atoms with Gasteiger partial charge in [-0.05, 0) is 78.2 Å². The summed E-state index contributed by atoms with van der Waals surface area (Å²) in [6.45, 7) is 0.878. The highest BCUT2D eigenvalue weighted by Gasteiger charge is 2.23. The maximum atomic E-state index is 13.4. The van der Waals surface area contributed by atoms with Gasteiger partial charge >= 0.3 is 0 Å². The van der Waals surface area contributed by atoms with Gasteiger partial charge in [0.2, 0.25) is 0 Å². The summed E-state index contributed by atoms with van der Waals surface area (Å²) in [5, 5.41) is 0. The third-order valence-electron chi connectivity index (χ3n) is 5.53. The van der Waals surface area contributed by atoms with Crippen molar-refractivity contribution in [3.05, 3.63) is 115 Å². The summed E-state index contributed by atoms with van der Waals surface area (Å²) in [5.41, 5.74) is 4.00. The van der Waals surface area contributed by atoms with E-state index >= 15 is 0 Å². The molecule has 0 saturated heterocycles. The average Bonchev–Trinajstić information content (AvgIpc) is 3.39. The highest BCUT2D eigenvalue weighted by Crippen LogP contribution is 2.31. The fraction of sp³-hybridized carbons (Fsp3) is 0.0690. The number of nitrogens with zero attached hydrogens (tertiary/aromatic N) is 1. The Hall–Kier alpha value is -4.10. The molecule has 0 fully saturated rings. The Labute approximate surface area is 212 Å². The topological polar surface area (TPSA) is 49.9 Å². The van der Waals surface area contributed by atoms with Crippen LogP contribution in [-0.2, 0) is 5.92 Å². The number of imidazole rings is 1. The molecule has 180 valence electrons. The van der Waals surface area contributed by atoms with Gasteiger partial charge in [-0.1, -0.05) is 42.5 Å². The fourth-order valence-electron chi connectivity index (χ4n) is 3.57. The highest BCUT2D eigenvalue weighted by molar-refractivity contribution is 8.00. The Kier molecular flexibility index (Phi) is 6.73. The summed E-state index contributed by atoms with van der Waals surface area (Å²) in [6.07, 6.45) is 1.84. The molecule has 1 aromatic heterocycles. The normalized spacial score (nSPS) is 11.3. The van der Waals surface area contributed by atoms with E-state index in [1.54, 1.807) is 12.1 Å². The molecule has 4 aromatic carbocycles. The van der Waals surface area contributed by atoms with E-state index in [1.165, 1.54) is 24.1 Å². The predicted octanol–water partition coefficient (Wildman–Crippen LogP) is 8.77. The van der Waals surface area contributed by atoms with Gasteiger partial charge in [-0.2, -0.15) is 0 Å². The second-order valence-electron chi connectivity index (χ2n) is 8.28. The molecule has 0 unspecified atom stereocenters. The number of nitrogens with one attached hydrogen (secondary N) is 2. The zero-order valence-corrected chi connectivity index (χ0v) is 20.2. The van der Waals surface area contributed by atoms with Gasteiger partial charge in [0.15, 0.2) is 0 Å². The third-order valence-corrected chi connectivity index (χ3v) is 6.37. The molecule has 5 rings (SSSR count). The van der Waals surface area contributed by atoms with Gasteiger partial charge in [0.25, 0.3) is 5.92 Å². The van der Waals surface area contributed by atoms with Crippen molar-refractivity contribution >= 4 is 17.6 Å². The summed E-state index contributed by atoms with van der Waals surface area (Å²) < 4.78 is 35.8. The van der Waals surface area contributed by atoms with E-state index in [-0.39, 0.29) is 5.56 Å². The minimum atomic E-state index is -2.87. The Bertz CT molecular complexity index is 1410. The van der Waals surface area contributed by atoms with E-state index in [1.807, 2.05) is 85.1 Å². The number of ether oxygens (including phenoxy) is 1. The van der Waals surface area contributed by atoms with E-state index < -0.39 is 5.92 Å². The quantitative estimate of drug-likeness (QED) is 0.210. The molecule has 7 heteroatoms. The lowest BCUT2D eigenvalue weighted by molar-refractivity contribution is 0.0174. The molecule has 0 radical (unpaired) electrons. The molecule has 0 aliphatic carbocycles. The first-order valence-electron chi connectivity index (χ1n) is 11.3. The highest BCUT2D eigenvalue weighted by atomic mass is 32.2. The Balaban J connectivity index is 1.16. The van der Waals surface area contributed by atoms with Crippen LogP contribution in [0.2, 0.25) is 0 Å². The number of alkyl halides is 2. The van der Waals surface area contributed by atoms with Crippen LogP contribution in [0.5, 0.6) is 11.5 Å². The summed E-state index contributed by atoms with van der Waals surface area (Å²) in [5.74, 6) is -0.880. The second-order valence-corrected chi connectivity index (χ2v) is 9.16. The number of aromatic amines is 1. The molecule has 0 bridgehead atoms. The van der Waals surface area contributed by atoms with E-state index in [2.05, 4.69) is 14.7 Å². The summed E-state index contributed by atoms with van der Waals surface area (Å²) in [4.78, 5) is 8.87. The first-order valence-corrected chi connectivity index (χ1v) is 12.2. The largest absolute Gasteiger partial charge is 0.457 e. The van der Waals surface area contributed by atoms with Crippen molar-refractivity contribution in [3.63, 3.8) is 0 Å². The number of aromatic nitrogens is 2. The number of rotatable bonds is 8. The number of benzene rings is 4. The van der Waals surface area contributed by atoms with Gasteiger partial charge < -0.3 is 14.4 Å². The first kappa shape index (κ1) is 23.6. The standard InChI is InChI=1S/C29H23F2N3OS/c1-29(30,31)22-9-13-24(14-10-22)35-25-15-17-26(18-16-25)36-34-23-11-7-20(8-12-23)27-19-32-28(33-27)21-5-3-2-4-6-21/h2-19,34H,1H3,(H,32,33). The van der Waals surface area contributed by atoms with Crippen LogP contribution in [0.25, 0.3) is 22.6 Å². The smallest absolute Gasteiger partial charge is 0.270 e. The minimum absolute atomic E-state index is 0.0396. The van der Waals surface area contributed by atoms with Crippen LogP contribution >= 0.6 is 11.9 Å². The van der Waals surface area contributed by atoms with Gasteiger partial charge in [-0.15, -0.1) is 0 Å². The number of halogens is 2. The second kappa shape index (κ2) is 10.3. The SMILES string of the molecule is CC(F)(F)c1ccc(Oc2ccc(SNc3ccc(-c4cnc(-c5ccccc5)[nH]4)cc3)cc2)cc1. The zero-order chi connectivity index (χ0) is 25.0.